The van der Waals surface area contributed by atoms with E-state index in [1.807, 2.05) is 43.3 Å². The van der Waals surface area contributed by atoms with Crippen LogP contribution in [0.5, 0.6) is 11.5 Å². The zero-order valence-electron chi connectivity index (χ0n) is 14.4. The van der Waals surface area contributed by atoms with Crippen molar-refractivity contribution in [1.82, 2.24) is 15.1 Å². The van der Waals surface area contributed by atoms with Crippen LogP contribution >= 0.6 is 0 Å². The molecule has 1 N–H and O–H groups in total. The van der Waals surface area contributed by atoms with Gasteiger partial charge in [0.1, 0.15) is 23.4 Å². The van der Waals surface area contributed by atoms with E-state index < -0.39 is 0 Å². The van der Waals surface area contributed by atoms with Crippen molar-refractivity contribution in [3.05, 3.63) is 48.4 Å². The summed E-state index contributed by atoms with van der Waals surface area (Å²) in [4.78, 5) is 8.52. The third kappa shape index (κ3) is 4.47. The molecule has 0 aliphatic heterocycles. The Hall–Kier alpha value is -3.09. The average molecular weight is 340 g/mol. The molecule has 0 spiro atoms. The Morgan fingerprint density at radius 2 is 1.92 bits per heavy atom. The number of anilines is 1. The number of rotatable bonds is 7. The minimum Gasteiger partial charge on any atom is -0.497 e. The highest BCUT2D eigenvalue weighted by molar-refractivity contribution is 5.57. The van der Waals surface area contributed by atoms with E-state index in [0.29, 0.717) is 18.3 Å². The molecule has 0 amide bonds. The fraction of sp³-hybridized carbons (Fsp3) is 0.278. The van der Waals surface area contributed by atoms with Crippen molar-refractivity contribution in [1.29, 1.82) is 0 Å². The standard InChI is InChI=1S/C18H20N4O3/c1-12(24-16-6-4-15(23-3)5-7-16)11-20-17-10-14(8-9-19-17)18-21-13(2)22-25-18/h4-10,12H,11H2,1-3H3,(H,19,20). The van der Waals surface area contributed by atoms with E-state index in [1.54, 1.807) is 20.2 Å². The number of pyridine rings is 1. The normalized spacial score (nSPS) is 11.8. The maximum atomic E-state index is 5.87. The molecule has 0 saturated carbocycles. The summed E-state index contributed by atoms with van der Waals surface area (Å²) < 4.78 is 16.2. The van der Waals surface area contributed by atoms with Crippen LogP contribution in [0.25, 0.3) is 11.5 Å². The minimum absolute atomic E-state index is 0.0375. The van der Waals surface area contributed by atoms with Gasteiger partial charge >= 0.3 is 0 Å². The Labute approximate surface area is 146 Å². The first-order valence-corrected chi connectivity index (χ1v) is 7.95. The fourth-order valence-electron chi connectivity index (χ4n) is 2.25. The van der Waals surface area contributed by atoms with Gasteiger partial charge in [0, 0.05) is 11.8 Å². The van der Waals surface area contributed by atoms with E-state index in [9.17, 15) is 0 Å². The lowest BCUT2D eigenvalue weighted by Gasteiger charge is -2.16. The third-order valence-electron chi connectivity index (χ3n) is 3.50. The molecule has 0 aliphatic rings. The first kappa shape index (κ1) is 16.8. The van der Waals surface area contributed by atoms with Crippen LogP contribution in [0.2, 0.25) is 0 Å². The molecule has 2 heterocycles. The van der Waals surface area contributed by atoms with Gasteiger partial charge in [-0.15, -0.1) is 0 Å². The van der Waals surface area contributed by atoms with Crippen LogP contribution in [0.3, 0.4) is 0 Å². The molecule has 0 aliphatic carbocycles. The van der Waals surface area contributed by atoms with Crippen LogP contribution in [-0.2, 0) is 0 Å². The smallest absolute Gasteiger partial charge is 0.258 e. The Balaban J connectivity index is 1.57. The van der Waals surface area contributed by atoms with Gasteiger partial charge in [-0.2, -0.15) is 4.98 Å². The summed E-state index contributed by atoms with van der Waals surface area (Å²) >= 11 is 0. The van der Waals surface area contributed by atoms with Crippen molar-refractivity contribution in [2.75, 3.05) is 19.0 Å². The monoisotopic (exact) mass is 340 g/mol. The van der Waals surface area contributed by atoms with Crippen molar-refractivity contribution < 1.29 is 14.0 Å². The van der Waals surface area contributed by atoms with Crippen LogP contribution < -0.4 is 14.8 Å². The lowest BCUT2D eigenvalue weighted by molar-refractivity contribution is 0.234. The number of benzene rings is 1. The number of hydrogen-bond donors (Lipinski definition) is 1. The van der Waals surface area contributed by atoms with Gasteiger partial charge in [0.25, 0.3) is 5.89 Å². The van der Waals surface area contributed by atoms with Crippen molar-refractivity contribution >= 4 is 5.82 Å². The van der Waals surface area contributed by atoms with Crippen molar-refractivity contribution in [2.45, 2.75) is 20.0 Å². The zero-order chi connectivity index (χ0) is 17.6. The Kier molecular flexibility index (Phi) is 5.13. The lowest BCUT2D eigenvalue weighted by Crippen LogP contribution is -2.23. The summed E-state index contributed by atoms with van der Waals surface area (Å²) in [7, 11) is 1.64. The maximum Gasteiger partial charge on any atom is 0.258 e. The van der Waals surface area contributed by atoms with Gasteiger partial charge in [0.05, 0.1) is 13.7 Å². The second-order valence-electron chi connectivity index (χ2n) is 5.56. The van der Waals surface area contributed by atoms with Crippen LogP contribution in [-0.4, -0.2) is 34.9 Å². The van der Waals surface area contributed by atoms with E-state index in [4.69, 9.17) is 14.0 Å². The Morgan fingerprint density at radius 3 is 2.60 bits per heavy atom. The number of aryl methyl sites for hydroxylation is 1. The molecule has 0 bridgehead atoms. The molecule has 0 saturated heterocycles. The summed E-state index contributed by atoms with van der Waals surface area (Å²) in [5.74, 6) is 3.39. The van der Waals surface area contributed by atoms with Gasteiger partial charge in [0.15, 0.2) is 5.82 Å². The molecule has 130 valence electrons. The summed E-state index contributed by atoms with van der Waals surface area (Å²) in [6.45, 7) is 4.37. The SMILES string of the molecule is COc1ccc(OC(C)CNc2cc(-c3nc(C)no3)ccn2)cc1. The van der Waals surface area contributed by atoms with E-state index in [0.717, 1.165) is 22.9 Å². The number of nitrogens with zero attached hydrogens (tertiary/aromatic N) is 3. The van der Waals surface area contributed by atoms with Crippen LogP contribution in [0, 0.1) is 6.92 Å². The minimum atomic E-state index is -0.0375. The number of ether oxygens (including phenoxy) is 2. The molecule has 3 rings (SSSR count). The van der Waals surface area contributed by atoms with Crippen LogP contribution in [0.1, 0.15) is 12.7 Å². The molecule has 1 unspecified atom stereocenters. The molecular weight excluding hydrogens is 320 g/mol. The predicted octanol–water partition coefficient (Wildman–Crippen LogP) is 3.33. The van der Waals surface area contributed by atoms with Gasteiger partial charge in [-0.1, -0.05) is 5.16 Å². The molecule has 0 radical (unpaired) electrons. The van der Waals surface area contributed by atoms with E-state index in [1.165, 1.54) is 0 Å². The molecule has 1 aromatic carbocycles. The second kappa shape index (κ2) is 7.65. The molecule has 1 atom stereocenters. The zero-order valence-corrected chi connectivity index (χ0v) is 14.4. The van der Waals surface area contributed by atoms with Gasteiger partial charge in [0.2, 0.25) is 0 Å². The molecule has 7 nitrogen and oxygen atoms in total. The highest BCUT2D eigenvalue weighted by atomic mass is 16.5. The number of methoxy groups -OCH3 is 1. The number of nitrogens with one attached hydrogen (secondary N) is 1. The predicted molar refractivity (Wildman–Crippen MR) is 93.8 cm³/mol. The first-order valence-electron chi connectivity index (χ1n) is 7.95. The summed E-state index contributed by atoms with van der Waals surface area (Å²) in [6, 6.07) is 11.2. The van der Waals surface area contributed by atoms with Gasteiger partial charge in [-0.05, 0) is 50.2 Å². The summed E-state index contributed by atoms with van der Waals surface area (Å²) in [5, 5.41) is 7.05. The van der Waals surface area contributed by atoms with Crippen molar-refractivity contribution in [2.24, 2.45) is 0 Å². The Bertz CT molecular complexity index is 817. The Morgan fingerprint density at radius 1 is 1.16 bits per heavy atom. The van der Waals surface area contributed by atoms with Crippen molar-refractivity contribution in [3.63, 3.8) is 0 Å². The van der Waals surface area contributed by atoms with Crippen molar-refractivity contribution in [3.8, 4) is 23.0 Å². The highest BCUT2D eigenvalue weighted by Crippen LogP contribution is 2.20. The average Bonchev–Trinajstić information content (AvgIpc) is 3.07. The fourth-order valence-corrected chi connectivity index (χ4v) is 2.25. The number of aromatic nitrogens is 3. The summed E-state index contributed by atoms with van der Waals surface area (Å²) in [5.41, 5.74) is 0.821. The van der Waals surface area contributed by atoms with E-state index >= 15 is 0 Å². The topological polar surface area (TPSA) is 82.3 Å². The lowest BCUT2D eigenvalue weighted by atomic mass is 10.2. The molecular formula is C18H20N4O3. The van der Waals surface area contributed by atoms with E-state index in [2.05, 4.69) is 20.4 Å². The first-order chi connectivity index (χ1) is 12.1. The van der Waals surface area contributed by atoms with E-state index in [-0.39, 0.29) is 6.10 Å². The molecule has 2 aromatic heterocycles. The molecule has 3 aromatic rings. The highest BCUT2D eigenvalue weighted by Gasteiger charge is 2.09. The maximum absolute atomic E-state index is 5.87. The molecule has 25 heavy (non-hydrogen) atoms. The van der Waals surface area contributed by atoms with Gasteiger partial charge < -0.3 is 19.3 Å². The molecule has 7 heteroatoms. The quantitative estimate of drug-likeness (QED) is 0.706. The number of hydrogen-bond acceptors (Lipinski definition) is 7. The van der Waals surface area contributed by atoms with Gasteiger partial charge in [-0.3, -0.25) is 0 Å². The second-order valence-corrected chi connectivity index (χ2v) is 5.56. The molecule has 0 fully saturated rings. The van der Waals surface area contributed by atoms with Gasteiger partial charge in [-0.25, -0.2) is 4.98 Å². The summed E-state index contributed by atoms with van der Waals surface area (Å²) in [6.07, 6.45) is 1.66. The van der Waals surface area contributed by atoms with Crippen LogP contribution in [0.4, 0.5) is 5.82 Å². The largest absolute Gasteiger partial charge is 0.497 e. The van der Waals surface area contributed by atoms with Crippen LogP contribution in [0.15, 0.2) is 47.1 Å². The third-order valence-corrected chi connectivity index (χ3v) is 3.50.